The van der Waals surface area contributed by atoms with Crippen molar-refractivity contribution in [2.24, 2.45) is 0 Å². The summed E-state index contributed by atoms with van der Waals surface area (Å²) in [5.41, 5.74) is 0.703. The van der Waals surface area contributed by atoms with Gasteiger partial charge in [-0.05, 0) is 55.5 Å². The minimum Gasteiger partial charge on any atom is -0.484 e. The molecule has 0 spiro atoms. The fourth-order valence-electron chi connectivity index (χ4n) is 2.00. The molecule has 1 heterocycles. The van der Waals surface area contributed by atoms with Crippen molar-refractivity contribution in [3.8, 4) is 5.75 Å². The van der Waals surface area contributed by atoms with Crippen LogP contribution in [0.3, 0.4) is 0 Å². The van der Waals surface area contributed by atoms with Gasteiger partial charge >= 0.3 is 0 Å². The van der Waals surface area contributed by atoms with Gasteiger partial charge in [-0.1, -0.05) is 27.7 Å². The molecule has 1 amide bonds. The Bertz CT molecular complexity index is 903. The van der Waals surface area contributed by atoms with Gasteiger partial charge in [-0.3, -0.25) is 4.79 Å². The van der Waals surface area contributed by atoms with E-state index in [-0.39, 0.29) is 29.4 Å². The molecular weight excluding hydrogens is 437 g/mol. The molecule has 1 N–H and O–H groups in total. The predicted molar refractivity (Wildman–Crippen MR) is 103 cm³/mol. The van der Waals surface area contributed by atoms with Gasteiger partial charge in [0.25, 0.3) is 11.1 Å². The Hall–Kier alpha value is -2.39. The van der Waals surface area contributed by atoms with Crippen LogP contribution in [-0.2, 0) is 11.4 Å². The second-order valence-corrected chi connectivity index (χ2v) is 7.67. The lowest BCUT2D eigenvalue weighted by Gasteiger charge is -2.09. The van der Waals surface area contributed by atoms with Crippen LogP contribution in [0.1, 0.15) is 12.8 Å². The number of anilines is 1. The maximum absolute atomic E-state index is 12.9. The Kier molecular flexibility index (Phi) is 6.46. The molecule has 0 saturated carbocycles. The molecule has 0 aliphatic carbocycles. The fraction of sp³-hybridized carbons (Fsp3) is 0.167. The summed E-state index contributed by atoms with van der Waals surface area (Å²) in [5, 5.41) is 10.4. The van der Waals surface area contributed by atoms with Crippen molar-refractivity contribution in [1.82, 2.24) is 10.2 Å². The molecule has 1 unspecified atom stereocenters. The van der Waals surface area contributed by atoms with Crippen LogP contribution >= 0.6 is 27.7 Å². The number of benzene rings is 2. The average Bonchev–Trinajstić information content (AvgIpc) is 3.10. The first-order valence-corrected chi connectivity index (χ1v) is 9.61. The molecule has 1 atom stereocenters. The highest BCUT2D eigenvalue weighted by atomic mass is 79.9. The summed E-state index contributed by atoms with van der Waals surface area (Å²) in [6.07, 6.45) is 0. The molecule has 0 radical (unpaired) electrons. The number of ether oxygens (including phenoxy) is 1. The minimum absolute atomic E-state index is 0.0542. The van der Waals surface area contributed by atoms with Crippen LogP contribution in [0.15, 0.2) is 62.6 Å². The average molecular weight is 452 g/mol. The van der Waals surface area contributed by atoms with Crippen LogP contribution in [0.2, 0.25) is 0 Å². The normalized spacial score (nSPS) is 11.8. The van der Waals surface area contributed by atoms with Crippen LogP contribution in [0.25, 0.3) is 0 Å². The summed E-state index contributed by atoms with van der Waals surface area (Å²) >= 11 is 4.50. The fourth-order valence-corrected chi connectivity index (χ4v) is 2.97. The van der Waals surface area contributed by atoms with E-state index < -0.39 is 5.25 Å². The van der Waals surface area contributed by atoms with Crippen LogP contribution in [0.5, 0.6) is 5.75 Å². The first-order valence-electron chi connectivity index (χ1n) is 7.93. The van der Waals surface area contributed by atoms with Crippen molar-refractivity contribution in [3.05, 3.63) is 64.7 Å². The number of carbonyl (C=O) groups is 1. The van der Waals surface area contributed by atoms with Crippen molar-refractivity contribution >= 4 is 39.3 Å². The van der Waals surface area contributed by atoms with E-state index in [1.165, 1.54) is 24.3 Å². The zero-order chi connectivity index (χ0) is 19.2. The maximum atomic E-state index is 12.9. The maximum Gasteiger partial charge on any atom is 0.277 e. The third-order valence-electron chi connectivity index (χ3n) is 3.38. The van der Waals surface area contributed by atoms with Gasteiger partial charge in [0.05, 0.1) is 5.25 Å². The van der Waals surface area contributed by atoms with E-state index in [2.05, 4.69) is 31.4 Å². The largest absolute Gasteiger partial charge is 0.484 e. The quantitative estimate of drug-likeness (QED) is 0.525. The lowest BCUT2D eigenvalue weighted by Crippen LogP contribution is -2.22. The number of amides is 1. The molecule has 3 aromatic rings. The van der Waals surface area contributed by atoms with Crippen LogP contribution in [0.4, 0.5) is 10.1 Å². The number of carbonyl (C=O) groups excluding carboxylic acids is 1. The van der Waals surface area contributed by atoms with Crippen LogP contribution in [0, 0.1) is 5.82 Å². The van der Waals surface area contributed by atoms with Gasteiger partial charge in [-0.2, -0.15) is 0 Å². The third-order valence-corrected chi connectivity index (χ3v) is 4.85. The number of hydrogen-bond acceptors (Lipinski definition) is 6. The summed E-state index contributed by atoms with van der Waals surface area (Å²) in [6.45, 7) is 1.80. The number of nitrogens with one attached hydrogen (secondary N) is 1. The molecule has 3 rings (SSSR count). The highest BCUT2D eigenvalue weighted by Gasteiger charge is 2.18. The number of halogens is 2. The molecule has 0 aliphatic heterocycles. The smallest absolute Gasteiger partial charge is 0.277 e. The SMILES string of the molecule is CC(Sc1nnc(COc2ccc(F)cc2)o1)C(=O)Nc1ccc(Br)cc1. The van der Waals surface area contributed by atoms with Gasteiger partial charge in [0.1, 0.15) is 11.6 Å². The van der Waals surface area contributed by atoms with Crippen LogP contribution < -0.4 is 10.1 Å². The molecule has 0 saturated heterocycles. The van der Waals surface area contributed by atoms with Crippen LogP contribution in [-0.4, -0.2) is 21.4 Å². The van der Waals surface area contributed by atoms with Crippen molar-refractivity contribution in [2.45, 2.75) is 24.0 Å². The van der Waals surface area contributed by atoms with Gasteiger partial charge in [0.2, 0.25) is 5.91 Å². The summed E-state index contributed by atoms with van der Waals surface area (Å²) in [4.78, 5) is 12.3. The molecule has 2 aromatic carbocycles. The molecule has 9 heteroatoms. The second kappa shape index (κ2) is 9.01. The molecule has 0 fully saturated rings. The summed E-state index contributed by atoms with van der Waals surface area (Å²) < 4.78 is 24.7. The van der Waals surface area contributed by atoms with E-state index in [9.17, 15) is 9.18 Å². The first kappa shape index (κ1) is 19.4. The van der Waals surface area contributed by atoms with Crippen molar-refractivity contribution in [1.29, 1.82) is 0 Å². The van der Waals surface area contributed by atoms with E-state index >= 15 is 0 Å². The first-order chi connectivity index (χ1) is 13.0. The summed E-state index contributed by atoms with van der Waals surface area (Å²) in [6, 6.07) is 12.9. The lowest BCUT2D eigenvalue weighted by molar-refractivity contribution is -0.115. The number of aromatic nitrogens is 2. The van der Waals surface area contributed by atoms with Gasteiger partial charge in [0.15, 0.2) is 6.61 Å². The topological polar surface area (TPSA) is 77.2 Å². The molecule has 6 nitrogen and oxygen atoms in total. The molecule has 27 heavy (non-hydrogen) atoms. The van der Waals surface area contributed by atoms with E-state index in [1.807, 2.05) is 12.1 Å². The monoisotopic (exact) mass is 451 g/mol. The van der Waals surface area contributed by atoms with E-state index in [4.69, 9.17) is 9.15 Å². The Morgan fingerprint density at radius 2 is 1.93 bits per heavy atom. The van der Waals surface area contributed by atoms with Gasteiger partial charge < -0.3 is 14.5 Å². The number of thioether (sulfide) groups is 1. The van der Waals surface area contributed by atoms with Crippen molar-refractivity contribution < 1.29 is 18.3 Å². The molecule has 1 aromatic heterocycles. The Labute approximate surface area is 167 Å². The predicted octanol–water partition coefficient (Wildman–Crippen LogP) is 4.67. The van der Waals surface area contributed by atoms with E-state index in [0.717, 1.165) is 16.2 Å². The van der Waals surface area contributed by atoms with E-state index in [0.29, 0.717) is 11.4 Å². The number of nitrogens with zero attached hydrogens (tertiary/aromatic N) is 2. The highest BCUT2D eigenvalue weighted by molar-refractivity contribution is 9.10. The number of rotatable bonds is 7. The molecular formula is C18H15BrFN3O3S. The summed E-state index contributed by atoms with van der Waals surface area (Å²) in [7, 11) is 0. The van der Waals surface area contributed by atoms with Gasteiger partial charge in [-0.15, -0.1) is 10.2 Å². The van der Waals surface area contributed by atoms with Crippen molar-refractivity contribution in [3.63, 3.8) is 0 Å². The Morgan fingerprint density at radius 1 is 1.22 bits per heavy atom. The zero-order valence-corrected chi connectivity index (χ0v) is 16.6. The molecule has 140 valence electrons. The second-order valence-electron chi connectivity index (χ2n) is 5.46. The lowest BCUT2D eigenvalue weighted by atomic mass is 10.3. The summed E-state index contributed by atoms with van der Waals surface area (Å²) in [5.74, 6) is 0.243. The Balaban J connectivity index is 1.50. The van der Waals surface area contributed by atoms with E-state index in [1.54, 1.807) is 19.1 Å². The minimum atomic E-state index is -0.431. The number of hydrogen-bond donors (Lipinski definition) is 1. The third kappa shape index (κ3) is 5.80. The highest BCUT2D eigenvalue weighted by Crippen LogP contribution is 2.24. The molecule has 0 aliphatic rings. The van der Waals surface area contributed by atoms with Crippen molar-refractivity contribution in [2.75, 3.05) is 5.32 Å². The Morgan fingerprint density at radius 3 is 2.63 bits per heavy atom. The van der Waals surface area contributed by atoms with Gasteiger partial charge in [0, 0.05) is 10.2 Å². The van der Waals surface area contributed by atoms with Gasteiger partial charge in [-0.25, -0.2) is 4.39 Å². The molecule has 0 bridgehead atoms. The zero-order valence-electron chi connectivity index (χ0n) is 14.2. The standard InChI is InChI=1S/C18H15BrFN3O3S/c1-11(17(24)21-14-6-2-12(19)3-7-14)27-18-23-22-16(26-18)10-25-15-8-4-13(20)5-9-15/h2-9,11H,10H2,1H3,(H,21,24).